The lowest BCUT2D eigenvalue weighted by molar-refractivity contribution is -0.137. The highest BCUT2D eigenvalue weighted by Crippen LogP contribution is 2.30. The van der Waals surface area contributed by atoms with E-state index < -0.39 is 17.5 Å². The molecule has 0 radical (unpaired) electrons. The maximum absolute atomic E-state index is 12.7. The van der Waals surface area contributed by atoms with Crippen LogP contribution in [-0.2, 0) is 6.18 Å². The van der Waals surface area contributed by atoms with Crippen molar-refractivity contribution in [1.29, 1.82) is 5.26 Å². The highest BCUT2D eigenvalue weighted by Gasteiger charge is 2.30. The van der Waals surface area contributed by atoms with Crippen LogP contribution in [0.1, 0.15) is 27.0 Å². The summed E-state index contributed by atoms with van der Waals surface area (Å²) in [7, 11) is 0. The summed E-state index contributed by atoms with van der Waals surface area (Å²) in [6, 6.07) is 13.0. The van der Waals surface area contributed by atoms with Crippen molar-refractivity contribution in [3.05, 3.63) is 76.4 Å². The minimum atomic E-state index is -4.48. The van der Waals surface area contributed by atoms with Crippen molar-refractivity contribution >= 4 is 11.9 Å². The second-order valence-corrected chi connectivity index (χ2v) is 4.94. The average molecular weight is 315 g/mol. The summed E-state index contributed by atoms with van der Waals surface area (Å²) < 4.78 is 38.1. The predicted molar refractivity (Wildman–Crippen MR) is 80.5 cm³/mol. The molecule has 2 aromatic carbocycles. The number of nitrogens with zero attached hydrogens (tertiary/aromatic N) is 1. The molecule has 23 heavy (non-hydrogen) atoms. The Morgan fingerprint density at radius 3 is 2.43 bits per heavy atom. The molecule has 0 aliphatic rings. The second kappa shape index (κ2) is 6.49. The molecule has 2 aromatic rings. The van der Waals surface area contributed by atoms with Crippen LogP contribution in [0.25, 0.3) is 6.08 Å². The van der Waals surface area contributed by atoms with E-state index in [4.69, 9.17) is 0 Å². The minimum Gasteiger partial charge on any atom is -0.288 e. The number of nitriles is 1. The van der Waals surface area contributed by atoms with Gasteiger partial charge < -0.3 is 0 Å². The van der Waals surface area contributed by atoms with Crippen molar-refractivity contribution in [2.45, 2.75) is 13.1 Å². The number of hydrogen-bond donors (Lipinski definition) is 0. The third kappa shape index (κ3) is 3.86. The van der Waals surface area contributed by atoms with Crippen LogP contribution in [0.4, 0.5) is 13.2 Å². The Labute approximate surface area is 131 Å². The first-order chi connectivity index (χ1) is 10.8. The summed E-state index contributed by atoms with van der Waals surface area (Å²) in [6.07, 6.45) is -3.30. The molecule has 0 amide bonds. The zero-order valence-corrected chi connectivity index (χ0v) is 12.2. The molecular weight excluding hydrogens is 303 g/mol. The van der Waals surface area contributed by atoms with Gasteiger partial charge in [-0.05, 0) is 36.3 Å². The third-order valence-electron chi connectivity index (χ3n) is 3.28. The highest BCUT2D eigenvalue weighted by molar-refractivity contribution is 6.14. The van der Waals surface area contributed by atoms with Crippen molar-refractivity contribution < 1.29 is 18.0 Å². The van der Waals surface area contributed by atoms with E-state index in [-0.39, 0.29) is 11.1 Å². The smallest absolute Gasteiger partial charge is 0.288 e. The first-order valence-corrected chi connectivity index (χ1v) is 6.72. The summed E-state index contributed by atoms with van der Waals surface area (Å²) in [5.74, 6) is -0.511. The molecular formula is C18H12F3NO. The van der Waals surface area contributed by atoms with Crippen molar-refractivity contribution in [2.75, 3.05) is 0 Å². The number of carbonyl (C=O) groups is 1. The average Bonchev–Trinajstić information content (AvgIpc) is 2.52. The lowest BCUT2D eigenvalue weighted by atomic mass is 9.98. The van der Waals surface area contributed by atoms with Crippen LogP contribution in [0.3, 0.4) is 0 Å². The van der Waals surface area contributed by atoms with Crippen LogP contribution >= 0.6 is 0 Å². The molecule has 0 saturated carbocycles. The number of Topliss-reactive ketones (excluding diaryl/α,β-unsaturated/α-hetero) is 1. The second-order valence-electron chi connectivity index (χ2n) is 4.94. The molecule has 5 heteroatoms. The van der Waals surface area contributed by atoms with Crippen LogP contribution in [0, 0.1) is 18.3 Å². The topological polar surface area (TPSA) is 40.9 Å². The summed E-state index contributed by atoms with van der Waals surface area (Å²) in [5, 5.41) is 9.18. The van der Waals surface area contributed by atoms with Gasteiger partial charge >= 0.3 is 6.18 Å². The van der Waals surface area contributed by atoms with Gasteiger partial charge in [0.1, 0.15) is 11.6 Å². The van der Waals surface area contributed by atoms with Crippen LogP contribution in [0.2, 0.25) is 0 Å². The van der Waals surface area contributed by atoms with Crippen LogP contribution < -0.4 is 0 Å². The van der Waals surface area contributed by atoms with Gasteiger partial charge in [-0.2, -0.15) is 18.4 Å². The molecule has 0 unspecified atom stereocenters. The van der Waals surface area contributed by atoms with Crippen LogP contribution in [0.15, 0.2) is 54.1 Å². The number of halogens is 3. The van der Waals surface area contributed by atoms with E-state index in [0.717, 1.165) is 12.1 Å². The van der Waals surface area contributed by atoms with Gasteiger partial charge in [0, 0.05) is 5.56 Å². The van der Waals surface area contributed by atoms with Gasteiger partial charge in [-0.3, -0.25) is 4.79 Å². The number of benzene rings is 2. The van der Waals surface area contributed by atoms with Crippen molar-refractivity contribution in [2.24, 2.45) is 0 Å². The molecule has 116 valence electrons. The van der Waals surface area contributed by atoms with E-state index >= 15 is 0 Å². The van der Waals surface area contributed by atoms with Gasteiger partial charge in [-0.15, -0.1) is 0 Å². The molecule has 0 aromatic heterocycles. The van der Waals surface area contributed by atoms with E-state index in [2.05, 4.69) is 0 Å². The van der Waals surface area contributed by atoms with Gasteiger partial charge in [0.05, 0.1) is 5.56 Å². The van der Waals surface area contributed by atoms with Crippen molar-refractivity contribution in [3.63, 3.8) is 0 Å². The largest absolute Gasteiger partial charge is 0.416 e. The molecule has 2 rings (SSSR count). The Morgan fingerprint density at radius 2 is 1.83 bits per heavy atom. The van der Waals surface area contributed by atoms with E-state index in [1.165, 1.54) is 18.2 Å². The quantitative estimate of drug-likeness (QED) is 0.463. The molecule has 0 aliphatic carbocycles. The van der Waals surface area contributed by atoms with Crippen LogP contribution in [0.5, 0.6) is 0 Å². The first kappa shape index (κ1) is 16.5. The van der Waals surface area contributed by atoms with Crippen molar-refractivity contribution in [3.8, 4) is 6.07 Å². The molecule has 0 bridgehead atoms. The fourth-order valence-electron chi connectivity index (χ4n) is 2.09. The van der Waals surface area contributed by atoms with Gasteiger partial charge in [-0.25, -0.2) is 0 Å². The lowest BCUT2D eigenvalue weighted by Gasteiger charge is -2.07. The molecule has 0 spiro atoms. The third-order valence-corrected chi connectivity index (χ3v) is 3.28. The molecule has 2 nitrogen and oxygen atoms in total. The Hall–Kier alpha value is -2.87. The monoisotopic (exact) mass is 315 g/mol. The van der Waals surface area contributed by atoms with Crippen LogP contribution in [-0.4, -0.2) is 5.78 Å². The molecule has 0 fully saturated rings. The standard InChI is InChI=1S/C18H12F3NO/c1-12-5-2-3-8-16(12)17(23)14(11-22)9-13-6-4-7-15(10-13)18(19,20)21/h2-10H,1H3/b14-9+. The van der Waals surface area contributed by atoms with E-state index in [9.17, 15) is 23.2 Å². The molecule has 0 atom stereocenters. The fraction of sp³-hybridized carbons (Fsp3) is 0.111. The zero-order valence-electron chi connectivity index (χ0n) is 12.2. The Balaban J connectivity index is 2.42. The summed E-state index contributed by atoms with van der Waals surface area (Å²) in [6.45, 7) is 1.73. The number of ketones is 1. The fourth-order valence-corrected chi connectivity index (χ4v) is 2.09. The highest BCUT2D eigenvalue weighted by atomic mass is 19.4. The Morgan fingerprint density at radius 1 is 1.13 bits per heavy atom. The summed E-state index contributed by atoms with van der Waals surface area (Å²) in [5.41, 5.74) is 0.166. The maximum atomic E-state index is 12.7. The van der Waals surface area contributed by atoms with E-state index in [0.29, 0.717) is 11.1 Å². The summed E-state index contributed by atoms with van der Waals surface area (Å²) in [4.78, 5) is 12.4. The summed E-state index contributed by atoms with van der Waals surface area (Å²) >= 11 is 0. The SMILES string of the molecule is Cc1ccccc1C(=O)/C(C#N)=C/c1cccc(C(F)(F)F)c1. The number of allylic oxidation sites excluding steroid dienone is 1. The first-order valence-electron chi connectivity index (χ1n) is 6.72. The number of aryl methyl sites for hydroxylation is 1. The molecule has 0 heterocycles. The molecule has 0 N–H and O–H groups in total. The molecule has 0 saturated heterocycles. The normalized spacial score (nSPS) is 11.9. The van der Waals surface area contributed by atoms with E-state index in [1.54, 1.807) is 37.3 Å². The Kier molecular flexibility index (Phi) is 4.65. The molecule has 0 aliphatic heterocycles. The minimum absolute atomic E-state index is 0.151. The van der Waals surface area contributed by atoms with E-state index in [1.807, 2.05) is 0 Å². The van der Waals surface area contributed by atoms with Gasteiger partial charge in [0.15, 0.2) is 0 Å². The van der Waals surface area contributed by atoms with Crippen molar-refractivity contribution in [1.82, 2.24) is 0 Å². The lowest BCUT2D eigenvalue weighted by Crippen LogP contribution is -2.06. The number of hydrogen-bond acceptors (Lipinski definition) is 2. The maximum Gasteiger partial charge on any atom is 0.416 e. The number of rotatable bonds is 3. The Bertz CT molecular complexity index is 814. The number of alkyl halides is 3. The number of carbonyl (C=O) groups excluding carboxylic acids is 1. The predicted octanol–water partition coefficient (Wildman–Crippen LogP) is 4.80. The zero-order chi connectivity index (χ0) is 17.0. The van der Waals surface area contributed by atoms with Gasteiger partial charge in [0.2, 0.25) is 5.78 Å². The van der Waals surface area contributed by atoms with Gasteiger partial charge in [-0.1, -0.05) is 36.4 Å². The van der Waals surface area contributed by atoms with Gasteiger partial charge in [0.25, 0.3) is 0 Å².